The Labute approximate surface area is 282 Å². The first-order valence-corrected chi connectivity index (χ1v) is 13.5. The molecule has 0 aromatic heterocycles. The minimum atomic E-state index is -0.116. The van der Waals surface area contributed by atoms with Crippen molar-refractivity contribution in [3.63, 3.8) is 0 Å². The fraction of sp³-hybridized carbons (Fsp3) is 0.842. The van der Waals surface area contributed by atoms with Gasteiger partial charge in [0.2, 0.25) is 0 Å². The second kappa shape index (κ2) is 151. The molecule has 0 aromatic rings. The Bertz CT molecular complexity index is 334. The van der Waals surface area contributed by atoms with Crippen molar-refractivity contribution in [3.8, 4) is 11.8 Å². The lowest BCUT2D eigenvalue weighted by molar-refractivity contribution is 0.191. The molecule has 0 heterocycles. The number of hydrogen-bond acceptors (Lipinski definition) is 4. The summed E-state index contributed by atoms with van der Waals surface area (Å²) in [5.41, 5.74) is 1.25. The predicted molar refractivity (Wildman–Crippen MR) is 220 cm³/mol. The van der Waals surface area contributed by atoms with Crippen LogP contribution in [-0.4, -0.2) is 37.8 Å². The third kappa shape index (κ3) is 453. The van der Waals surface area contributed by atoms with Crippen molar-refractivity contribution in [1.82, 2.24) is 0 Å². The highest BCUT2D eigenvalue weighted by Gasteiger charge is 1.81. The molecule has 0 bridgehead atoms. The van der Waals surface area contributed by atoms with Gasteiger partial charge in [0.1, 0.15) is 0 Å². The van der Waals surface area contributed by atoms with Crippen LogP contribution in [-0.2, 0) is 8.92 Å². The third-order valence-corrected chi connectivity index (χ3v) is 3.52. The molecule has 0 aliphatic carbocycles. The van der Waals surface area contributed by atoms with E-state index < -0.39 is 0 Å². The molecule has 0 aliphatic heterocycles. The van der Waals surface area contributed by atoms with E-state index in [0.29, 0.717) is 0 Å². The van der Waals surface area contributed by atoms with E-state index in [4.69, 9.17) is 5.11 Å². The molecule has 42 heavy (non-hydrogen) atoms. The zero-order chi connectivity index (χ0) is 27.8. The molecule has 0 radical (unpaired) electrons. The van der Waals surface area contributed by atoms with Crippen molar-refractivity contribution in [2.45, 2.75) is 195 Å². The van der Waals surface area contributed by atoms with Crippen molar-refractivity contribution >= 4 is 12.0 Å². The standard InChI is InChI=1S/2C5H10.C5H8.C4H10O.C4H10.C3H8OS.C3H8O.9CH4/c1-4-5(2)3;2*1-3-5-4-2;1-3-4(2)5;1-3-4-2;1-3-5-4-2;1-3-4-2;;;;;;;;;/h2,4H2,1,3H3;3,5H,4H2,1-2H3;3H2,1-2H3;4-5H,3H2,1-2H3;3-4H2,1-2H3;3H2,1-2H3;3H2,1-2H3;9*1H4. The molecule has 1 atom stereocenters. The molecular weight excluding hydrogens is 536 g/mol. The Morgan fingerprint density at radius 1 is 0.833 bits per heavy atom. The molecule has 4 heteroatoms. The Hall–Kier alpha value is -0.730. The van der Waals surface area contributed by atoms with E-state index in [1.807, 2.05) is 48.5 Å². The lowest BCUT2D eigenvalue weighted by atomic mass is 10.3. The quantitative estimate of drug-likeness (QED) is 0.171. The fourth-order valence-electron chi connectivity index (χ4n) is 0.530. The van der Waals surface area contributed by atoms with Crippen molar-refractivity contribution in [2.75, 3.05) is 26.6 Å². The molecular formula is C38H100O3S. The molecule has 0 rings (SSSR count). The molecule has 3 nitrogen and oxygen atoms in total. The molecule has 0 spiro atoms. The van der Waals surface area contributed by atoms with E-state index in [1.54, 1.807) is 21.1 Å². The minimum absolute atomic E-state index is 0. The third-order valence-electron chi connectivity index (χ3n) is 3.04. The second-order valence-corrected chi connectivity index (χ2v) is 7.62. The smallest absolute Gasteiger partial charge is 0.0509 e. The Morgan fingerprint density at radius 2 is 1.14 bits per heavy atom. The summed E-state index contributed by atoms with van der Waals surface area (Å²) < 4.78 is 9.15. The van der Waals surface area contributed by atoms with Gasteiger partial charge >= 0.3 is 0 Å². The molecule has 0 saturated heterocycles. The van der Waals surface area contributed by atoms with E-state index >= 15 is 0 Å². The first-order chi connectivity index (χ1) is 15.6. The van der Waals surface area contributed by atoms with E-state index in [1.165, 1.54) is 30.5 Å². The summed E-state index contributed by atoms with van der Waals surface area (Å²) in [6.07, 6.45) is 10.8. The maximum absolute atomic E-state index is 8.36. The molecule has 276 valence electrons. The van der Waals surface area contributed by atoms with Gasteiger partial charge in [-0.15, -0.1) is 18.4 Å². The van der Waals surface area contributed by atoms with Gasteiger partial charge in [0.25, 0.3) is 0 Å². The average Bonchev–Trinajstić information content (AvgIpc) is 2.82. The first-order valence-electron chi connectivity index (χ1n) is 12.6. The zero-order valence-corrected chi connectivity index (χ0v) is 26.1. The maximum Gasteiger partial charge on any atom is 0.0509 e. The maximum atomic E-state index is 8.36. The largest absolute Gasteiger partial charge is 0.393 e. The second-order valence-electron chi connectivity index (χ2n) is 6.48. The van der Waals surface area contributed by atoms with E-state index in [-0.39, 0.29) is 72.9 Å². The van der Waals surface area contributed by atoms with Gasteiger partial charge in [-0.25, -0.2) is 0 Å². The van der Waals surface area contributed by atoms with Crippen molar-refractivity contribution < 1.29 is 14.0 Å². The van der Waals surface area contributed by atoms with Crippen LogP contribution in [0.5, 0.6) is 0 Å². The summed E-state index contributed by atoms with van der Waals surface area (Å²) in [6.45, 7) is 28.8. The van der Waals surface area contributed by atoms with Crippen LogP contribution < -0.4 is 0 Å². The molecule has 0 saturated carbocycles. The van der Waals surface area contributed by atoms with Crippen LogP contribution in [0.25, 0.3) is 0 Å². The lowest BCUT2D eigenvalue weighted by Crippen LogP contribution is -1.93. The highest BCUT2D eigenvalue weighted by atomic mass is 32.2. The van der Waals surface area contributed by atoms with E-state index in [2.05, 4.69) is 67.2 Å². The van der Waals surface area contributed by atoms with Crippen LogP contribution in [0.1, 0.15) is 188 Å². The van der Waals surface area contributed by atoms with Crippen LogP contribution in [0.4, 0.5) is 0 Å². The van der Waals surface area contributed by atoms with Crippen molar-refractivity contribution in [1.29, 1.82) is 0 Å². The Morgan fingerprint density at radius 3 is 1.14 bits per heavy atom. The van der Waals surface area contributed by atoms with Gasteiger partial charge < -0.3 is 14.0 Å². The number of rotatable bonds is 7. The van der Waals surface area contributed by atoms with Crippen molar-refractivity contribution in [2.24, 2.45) is 0 Å². The van der Waals surface area contributed by atoms with Crippen molar-refractivity contribution in [3.05, 3.63) is 24.3 Å². The van der Waals surface area contributed by atoms with Gasteiger partial charge in [0.05, 0.1) is 13.2 Å². The molecule has 0 aliphatic rings. The molecule has 0 fully saturated rings. The van der Waals surface area contributed by atoms with Gasteiger partial charge in [-0.05, 0) is 65.9 Å². The summed E-state index contributed by atoms with van der Waals surface area (Å²) in [7, 11) is 3.36. The first kappa shape index (κ1) is 105. The molecule has 1 N–H and O–H groups in total. The van der Waals surface area contributed by atoms with E-state index in [0.717, 1.165) is 38.0 Å². The fourth-order valence-corrected chi connectivity index (χ4v) is 0.766. The average molecular weight is 637 g/mol. The van der Waals surface area contributed by atoms with Crippen LogP contribution in [0.3, 0.4) is 0 Å². The SMILES string of the molecule is C.C.C.C.C.C.C.C.C.C=C(C)CC.CC#CCC.CC=CCC.CCC(C)O.CCCC.CCOC.CCSOC. The van der Waals surface area contributed by atoms with Gasteiger partial charge in [0, 0.05) is 25.9 Å². The number of hydrogen-bond donors (Lipinski definition) is 1. The normalized spacial score (nSPS) is 6.93. The van der Waals surface area contributed by atoms with Crippen LogP contribution in [0, 0.1) is 11.8 Å². The zero-order valence-electron chi connectivity index (χ0n) is 25.3. The summed E-state index contributed by atoms with van der Waals surface area (Å²) in [6, 6.07) is 0. The number of aliphatic hydroxyl groups excluding tert-OH is 1. The predicted octanol–water partition coefficient (Wildman–Crippen LogP) is 15.6. The van der Waals surface area contributed by atoms with Gasteiger partial charge in [-0.3, -0.25) is 0 Å². The van der Waals surface area contributed by atoms with E-state index in [9.17, 15) is 0 Å². The van der Waals surface area contributed by atoms with Gasteiger partial charge in [-0.1, -0.05) is 146 Å². The molecule has 0 amide bonds. The summed E-state index contributed by atoms with van der Waals surface area (Å²) in [5.74, 6) is 6.67. The molecule has 1 unspecified atom stereocenters. The van der Waals surface area contributed by atoms with Gasteiger partial charge in [-0.2, -0.15) is 0 Å². The highest BCUT2D eigenvalue weighted by molar-refractivity contribution is 7.94. The highest BCUT2D eigenvalue weighted by Crippen LogP contribution is 1.94. The number of methoxy groups -OCH3 is 1. The van der Waals surface area contributed by atoms with Gasteiger partial charge in [0.15, 0.2) is 0 Å². The number of aliphatic hydroxyl groups is 1. The Kier molecular flexibility index (Phi) is 377. The number of unbranched alkanes of at least 4 members (excludes halogenated alkanes) is 1. The molecule has 0 aromatic carbocycles. The topological polar surface area (TPSA) is 38.7 Å². The summed E-state index contributed by atoms with van der Waals surface area (Å²) in [5, 5.41) is 8.36. The minimum Gasteiger partial charge on any atom is -0.393 e. The number of allylic oxidation sites excluding steroid dienone is 3. The lowest BCUT2D eigenvalue weighted by Gasteiger charge is -1.90. The van der Waals surface area contributed by atoms with Crippen LogP contribution in [0.15, 0.2) is 24.3 Å². The summed E-state index contributed by atoms with van der Waals surface area (Å²) in [4.78, 5) is 0. The van der Waals surface area contributed by atoms with Crippen LogP contribution in [0.2, 0.25) is 0 Å². The Balaban J connectivity index is -0.0000000130. The van der Waals surface area contributed by atoms with Crippen LogP contribution >= 0.6 is 12.0 Å². The summed E-state index contributed by atoms with van der Waals surface area (Å²) >= 11 is 1.46. The monoisotopic (exact) mass is 637 g/mol. The number of ether oxygens (including phenoxy) is 1.